The van der Waals surface area contributed by atoms with E-state index in [0.29, 0.717) is 6.42 Å². The highest BCUT2D eigenvalue weighted by molar-refractivity contribution is 7.96. The molecular weight excluding hydrogens is 386 g/mol. The number of H-pyrrole nitrogens is 1. The molecule has 2 N–H and O–H groups in total. The maximum Gasteiger partial charge on any atom is 0.220 e. The molecule has 3 aromatic rings. The van der Waals surface area contributed by atoms with Gasteiger partial charge in [-0.2, -0.15) is 0 Å². The van der Waals surface area contributed by atoms with Gasteiger partial charge in [-0.25, -0.2) is 4.98 Å². The number of aromatic nitrogens is 3. The topological polar surface area (TPSA) is 87.1 Å². The van der Waals surface area contributed by atoms with Crippen molar-refractivity contribution in [3.8, 4) is 11.1 Å². The van der Waals surface area contributed by atoms with Crippen LogP contribution in [-0.4, -0.2) is 44.7 Å². The molecule has 1 atom stereocenters. The predicted molar refractivity (Wildman–Crippen MR) is 116 cm³/mol. The number of aryl methyl sites for hydroxylation is 2. The monoisotopic (exact) mass is 413 g/mol. The van der Waals surface area contributed by atoms with Gasteiger partial charge >= 0.3 is 0 Å². The van der Waals surface area contributed by atoms with Gasteiger partial charge in [-0.1, -0.05) is 23.2 Å². The molecule has 1 aromatic carbocycles. The number of imidazole rings is 1. The molecule has 2 fully saturated rings. The Bertz CT molecular complexity index is 986. The van der Waals surface area contributed by atoms with E-state index in [-0.39, 0.29) is 11.9 Å². The second kappa shape index (κ2) is 8.59. The molecule has 8 heteroatoms. The molecule has 1 amide bonds. The average Bonchev–Trinajstić information content (AvgIpc) is 3.49. The number of amides is 1. The molecule has 5 rings (SSSR count). The van der Waals surface area contributed by atoms with Gasteiger partial charge in [0.05, 0.1) is 22.8 Å². The molecule has 0 radical (unpaired) electrons. The van der Waals surface area contributed by atoms with E-state index in [9.17, 15) is 4.79 Å². The van der Waals surface area contributed by atoms with Gasteiger partial charge in [-0.3, -0.25) is 9.10 Å². The van der Waals surface area contributed by atoms with Crippen LogP contribution in [0.4, 0.5) is 0 Å². The third kappa shape index (κ3) is 4.33. The molecule has 0 spiro atoms. The molecule has 2 aliphatic heterocycles. The fourth-order valence-electron chi connectivity index (χ4n) is 3.93. The summed E-state index contributed by atoms with van der Waals surface area (Å²) in [6.07, 6.45) is 6.30. The number of aromatic amines is 1. The van der Waals surface area contributed by atoms with Crippen LogP contribution in [0, 0.1) is 13.8 Å². The number of hydrogen-bond donors (Lipinski definition) is 2. The fourth-order valence-corrected chi connectivity index (χ4v) is 4.56. The SMILES string of the molecule is CSN1CCCC1.Cc1noc(C)c1-c1ccc2nc(C3CCC(=O)N3)[nH]c2c1. The minimum absolute atomic E-state index is 0.0117. The zero-order valence-electron chi connectivity index (χ0n) is 17.1. The molecule has 0 saturated carbocycles. The Kier molecular flexibility index (Phi) is 5.91. The van der Waals surface area contributed by atoms with Crippen molar-refractivity contribution in [3.63, 3.8) is 0 Å². The Morgan fingerprint density at radius 2 is 2.03 bits per heavy atom. The molecule has 0 aliphatic carbocycles. The van der Waals surface area contributed by atoms with Crippen LogP contribution in [0.15, 0.2) is 22.7 Å². The summed E-state index contributed by atoms with van der Waals surface area (Å²) < 4.78 is 7.64. The zero-order chi connectivity index (χ0) is 20.4. The lowest BCUT2D eigenvalue weighted by Gasteiger charge is -2.06. The lowest BCUT2D eigenvalue weighted by Crippen LogP contribution is -2.19. The summed E-state index contributed by atoms with van der Waals surface area (Å²) >= 11 is 1.87. The largest absolute Gasteiger partial charge is 0.361 e. The van der Waals surface area contributed by atoms with Crippen molar-refractivity contribution >= 4 is 28.9 Å². The van der Waals surface area contributed by atoms with Crippen LogP contribution in [0.2, 0.25) is 0 Å². The van der Waals surface area contributed by atoms with E-state index in [1.54, 1.807) is 0 Å². The number of nitrogens with zero attached hydrogens (tertiary/aromatic N) is 3. The van der Waals surface area contributed by atoms with Crippen molar-refractivity contribution in [3.05, 3.63) is 35.5 Å². The van der Waals surface area contributed by atoms with E-state index in [0.717, 1.165) is 45.9 Å². The van der Waals surface area contributed by atoms with Crippen LogP contribution < -0.4 is 5.32 Å². The highest BCUT2D eigenvalue weighted by Crippen LogP contribution is 2.30. The highest BCUT2D eigenvalue weighted by Gasteiger charge is 2.25. The van der Waals surface area contributed by atoms with Crippen LogP contribution >= 0.6 is 11.9 Å². The Morgan fingerprint density at radius 1 is 1.24 bits per heavy atom. The molecule has 2 aliphatic rings. The van der Waals surface area contributed by atoms with Gasteiger partial charge in [0.25, 0.3) is 0 Å². The normalized spacial score (nSPS) is 19.4. The van der Waals surface area contributed by atoms with E-state index in [1.165, 1.54) is 25.9 Å². The van der Waals surface area contributed by atoms with Crippen LogP contribution in [-0.2, 0) is 4.79 Å². The van der Waals surface area contributed by atoms with Crippen LogP contribution in [0.1, 0.15) is 49.0 Å². The predicted octanol–water partition coefficient (Wildman–Crippen LogP) is 4.15. The summed E-state index contributed by atoms with van der Waals surface area (Å²) in [4.78, 5) is 19.3. The second-order valence-electron chi connectivity index (χ2n) is 7.53. The van der Waals surface area contributed by atoms with E-state index in [1.807, 2.05) is 37.9 Å². The molecule has 29 heavy (non-hydrogen) atoms. The van der Waals surface area contributed by atoms with Gasteiger partial charge in [0.2, 0.25) is 5.91 Å². The first-order chi connectivity index (χ1) is 14.0. The number of rotatable bonds is 3. The lowest BCUT2D eigenvalue weighted by molar-refractivity contribution is -0.119. The van der Waals surface area contributed by atoms with Crippen molar-refractivity contribution in [2.24, 2.45) is 0 Å². The maximum absolute atomic E-state index is 11.4. The minimum atomic E-state index is -0.0117. The highest BCUT2D eigenvalue weighted by atomic mass is 32.2. The summed E-state index contributed by atoms with van der Waals surface area (Å²) in [6.45, 7) is 6.46. The quantitative estimate of drug-likeness (QED) is 0.628. The Hall–Kier alpha value is -2.32. The molecular formula is C21H27N5O2S. The molecule has 4 heterocycles. The smallest absolute Gasteiger partial charge is 0.220 e. The first kappa shape index (κ1) is 20.0. The van der Waals surface area contributed by atoms with Crippen molar-refractivity contribution in [2.45, 2.75) is 45.6 Å². The molecule has 0 bridgehead atoms. The Labute approximate surface area is 174 Å². The van der Waals surface area contributed by atoms with Crippen molar-refractivity contribution in [1.29, 1.82) is 0 Å². The van der Waals surface area contributed by atoms with Gasteiger partial charge in [0, 0.05) is 25.1 Å². The Balaban J connectivity index is 0.000000249. The summed E-state index contributed by atoms with van der Waals surface area (Å²) in [5, 5.41) is 6.93. The van der Waals surface area contributed by atoms with Gasteiger partial charge in [0.1, 0.15) is 11.6 Å². The minimum Gasteiger partial charge on any atom is -0.361 e. The van der Waals surface area contributed by atoms with Crippen LogP contribution in [0.3, 0.4) is 0 Å². The van der Waals surface area contributed by atoms with Gasteiger partial charge in [-0.15, -0.1) is 0 Å². The zero-order valence-corrected chi connectivity index (χ0v) is 17.9. The number of hydrogen-bond acceptors (Lipinski definition) is 6. The van der Waals surface area contributed by atoms with Gasteiger partial charge < -0.3 is 14.8 Å². The third-order valence-corrected chi connectivity index (χ3v) is 6.35. The molecule has 2 saturated heterocycles. The lowest BCUT2D eigenvalue weighted by atomic mass is 10.0. The Morgan fingerprint density at radius 3 is 2.62 bits per heavy atom. The molecule has 2 aromatic heterocycles. The van der Waals surface area contributed by atoms with E-state index in [4.69, 9.17) is 4.52 Å². The number of carbonyl (C=O) groups excluding carboxylic acids is 1. The summed E-state index contributed by atoms with van der Waals surface area (Å²) in [5.41, 5.74) is 4.79. The number of benzene rings is 1. The molecule has 7 nitrogen and oxygen atoms in total. The number of fused-ring (bicyclic) bond motifs is 1. The number of nitrogens with one attached hydrogen (secondary N) is 2. The fraction of sp³-hybridized carbons (Fsp3) is 0.476. The number of carbonyl (C=O) groups is 1. The van der Waals surface area contributed by atoms with Crippen molar-refractivity contribution in [1.82, 2.24) is 24.7 Å². The second-order valence-corrected chi connectivity index (χ2v) is 8.41. The molecule has 1 unspecified atom stereocenters. The van der Waals surface area contributed by atoms with E-state index in [2.05, 4.69) is 37.1 Å². The van der Waals surface area contributed by atoms with Crippen LogP contribution in [0.5, 0.6) is 0 Å². The van der Waals surface area contributed by atoms with Gasteiger partial charge in [-0.05, 0) is 57.1 Å². The summed E-state index contributed by atoms with van der Waals surface area (Å²) in [7, 11) is 0. The average molecular weight is 414 g/mol. The standard InChI is InChI=1S/C16H16N4O2.C5H11NS/c1-8-15(9(2)22-20-8)10-3-4-11-13(7-10)19-16(18-11)12-5-6-14(21)17-12;1-7-6-4-2-3-5-6/h3-4,7,12H,5-6H2,1-2H3,(H,17,21)(H,18,19);2-5H2,1H3. The molecule has 154 valence electrons. The first-order valence-electron chi connectivity index (χ1n) is 10.1. The summed E-state index contributed by atoms with van der Waals surface area (Å²) in [6, 6.07) is 6.04. The van der Waals surface area contributed by atoms with Gasteiger partial charge in [0.15, 0.2) is 0 Å². The summed E-state index contributed by atoms with van der Waals surface area (Å²) in [5.74, 6) is 1.71. The van der Waals surface area contributed by atoms with Crippen molar-refractivity contribution in [2.75, 3.05) is 19.3 Å². The van der Waals surface area contributed by atoms with E-state index >= 15 is 0 Å². The third-order valence-electron chi connectivity index (χ3n) is 5.47. The van der Waals surface area contributed by atoms with Crippen molar-refractivity contribution < 1.29 is 9.32 Å². The van der Waals surface area contributed by atoms with Crippen LogP contribution in [0.25, 0.3) is 22.2 Å². The maximum atomic E-state index is 11.4. The van der Waals surface area contributed by atoms with E-state index < -0.39 is 0 Å². The first-order valence-corrected chi connectivity index (χ1v) is 11.2.